The van der Waals surface area contributed by atoms with Crippen molar-refractivity contribution in [3.63, 3.8) is 0 Å². The number of ether oxygens (including phenoxy) is 1. The van der Waals surface area contributed by atoms with Gasteiger partial charge in [-0.1, -0.05) is 25.1 Å². The molecule has 35 heavy (non-hydrogen) atoms. The largest absolute Gasteiger partial charge is 0.390 e. The first-order valence-corrected chi connectivity index (χ1v) is 13.2. The number of allylic oxidation sites excluding steroid dienone is 2. The molecule has 7 rings (SSSR count). The molecule has 2 saturated heterocycles. The van der Waals surface area contributed by atoms with E-state index in [1.165, 1.54) is 11.1 Å². The van der Waals surface area contributed by atoms with Crippen LogP contribution in [0, 0.1) is 17.3 Å². The Morgan fingerprint density at radius 3 is 2.71 bits per heavy atom. The van der Waals surface area contributed by atoms with Gasteiger partial charge in [0.05, 0.1) is 35.1 Å². The van der Waals surface area contributed by atoms with Crippen molar-refractivity contribution in [2.75, 3.05) is 14.1 Å². The minimum atomic E-state index is -0.982. The molecule has 188 valence electrons. The first-order valence-electron chi connectivity index (χ1n) is 13.2. The first kappa shape index (κ1) is 22.4. The molecule has 3 aliphatic carbocycles. The predicted molar refractivity (Wildman–Crippen MR) is 132 cm³/mol. The molecule has 9 atom stereocenters. The maximum atomic E-state index is 12.3. The van der Waals surface area contributed by atoms with Crippen LogP contribution in [0.4, 0.5) is 0 Å². The Kier molecular flexibility index (Phi) is 4.46. The Bertz CT molecular complexity index is 1230. The molecule has 9 unspecified atom stereocenters. The number of aromatic nitrogens is 2. The molecule has 2 aromatic rings. The molecular weight excluding hydrogens is 442 g/mol. The molecule has 4 fully saturated rings. The summed E-state index contributed by atoms with van der Waals surface area (Å²) in [6.45, 7) is 2.37. The van der Waals surface area contributed by atoms with E-state index in [0.717, 1.165) is 36.6 Å². The number of aliphatic hydroxyl groups excluding tert-OH is 2. The van der Waals surface area contributed by atoms with Crippen molar-refractivity contribution < 1.29 is 20.1 Å². The number of hydrogen-bond donors (Lipinski definition) is 4. The summed E-state index contributed by atoms with van der Waals surface area (Å²) in [7, 11) is 3.92. The molecule has 0 radical (unpaired) electrons. The molecule has 2 aliphatic heterocycles. The zero-order chi connectivity index (χ0) is 24.4. The Hall–Kier alpha value is -1.77. The highest BCUT2D eigenvalue weighted by Gasteiger charge is 2.76. The van der Waals surface area contributed by atoms with Crippen molar-refractivity contribution in [1.29, 1.82) is 0 Å². The van der Waals surface area contributed by atoms with Crippen LogP contribution in [0.1, 0.15) is 57.4 Å². The topological polar surface area (TPSA) is 102 Å². The molecule has 4 N–H and O–H groups in total. The van der Waals surface area contributed by atoms with Gasteiger partial charge in [0.25, 0.3) is 0 Å². The number of nitrogens with zero attached hydrogens (tertiary/aromatic N) is 2. The number of hydrogen-bond acceptors (Lipinski definition) is 6. The van der Waals surface area contributed by atoms with Gasteiger partial charge < -0.3 is 25.0 Å². The van der Waals surface area contributed by atoms with Crippen molar-refractivity contribution in [3.05, 3.63) is 36.0 Å². The van der Waals surface area contributed by atoms with Crippen LogP contribution in [-0.4, -0.2) is 79.6 Å². The Balaban J connectivity index is 1.28. The van der Waals surface area contributed by atoms with Gasteiger partial charge in [-0.05, 0) is 81.7 Å². The summed E-state index contributed by atoms with van der Waals surface area (Å²) in [6, 6.07) is 6.38. The van der Waals surface area contributed by atoms with Crippen LogP contribution in [0.3, 0.4) is 0 Å². The van der Waals surface area contributed by atoms with E-state index in [1.807, 2.05) is 25.2 Å². The van der Waals surface area contributed by atoms with Crippen LogP contribution in [0.15, 0.2) is 30.5 Å². The maximum absolute atomic E-state index is 12.3. The van der Waals surface area contributed by atoms with Gasteiger partial charge in [-0.15, -0.1) is 0 Å². The molecule has 2 spiro atoms. The van der Waals surface area contributed by atoms with Gasteiger partial charge >= 0.3 is 0 Å². The number of nitrogens with one attached hydrogen (secondary N) is 1. The molecule has 2 saturated carbocycles. The molecule has 1 aromatic carbocycles. The zero-order valence-electron chi connectivity index (χ0n) is 20.9. The van der Waals surface area contributed by atoms with E-state index in [2.05, 4.69) is 41.4 Å². The quantitative estimate of drug-likeness (QED) is 0.528. The molecule has 7 nitrogen and oxygen atoms in total. The normalized spacial score (nSPS) is 48.5. The summed E-state index contributed by atoms with van der Waals surface area (Å²) in [5, 5.41) is 42.8. The van der Waals surface area contributed by atoms with E-state index < -0.39 is 29.0 Å². The van der Waals surface area contributed by atoms with E-state index in [4.69, 9.17) is 4.74 Å². The summed E-state index contributed by atoms with van der Waals surface area (Å²) in [5.41, 5.74) is 1.44. The van der Waals surface area contributed by atoms with Gasteiger partial charge in [-0.2, -0.15) is 5.10 Å². The average molecular weight is 480 g/mol. The Morgan fingerprint density at radius 2 is 1.91 bits per heavy atom. The lowest BCUT2D eigenvalue weighted by molar-refractivity contribution is -0.331. The third kappa shape index (κ3) is 2.66. The Labute approximate surface area is 206 Å². The van der Waals surface area contributed by atoms with Crippen molar-refractivity contribution in [3.8, 4) is 0 Å². The third-order valence-electron chi connectivity index (χ3n) is 11.0. The summed E-state index contributed by atoms with van der Waals surface area (Å²) in [6.07, 6.45) is 7.78. The summed E-state index contributed by atoms with van der Waals surface area (Å²) >= 11 is 0. The van der Waals surface area contributed by atoms with Gasteiger partial charge in [0.15, 0.2) is 0 Å². The predicted octanol–water partition coefficient (Wildman–Crippen LogP) is 2.86. The van der Waals surface area contributed by atoms with Gasteiger partial charge in [0, 0.05) is 23.3 Å². The van der Waals surface area contributed by atoms with Crippen LogP contribution in [0.5, 0.6) is 0 Å². The second kappa shape index (κ2) is 6.95. The minimum Gasteiger partial charge on any atom is -0.390 e. The number of benzene rings is 1. The third-order valence-corrected chi connectivity index (χ3v) is 11.0. The summed E-state index contributed by atoms with van der Waals surface area (Å²) in [5.74, 6) is -0.0568. The lowest BCUT2D eigenvalue weighted by atomic mass is 9.51. The SMILES string of the molecule is CN(C)C1CC23CCC4(O2)C2CC=C(c5ccc6cn[nH]c6c5)C2(C)CCC4(O)CC3C(O)C1O. The lowest BCUT2D eigenvalue weighted by Crippen LogP contribution is -2.73. The van der Waals surface area contributed by atoms with Crippen molar-refractivity contribution in [2.45, 2.75) is 86.9 Å². The van der Waals surface area contributed by atoms with Crippen LogP contribution in [0.25, 0.3) is 16.5 Å². The van der Waals surface area contributed by atoms with Crippen molar-refractivity contribution >= 4 is 16.5 Å². The highest BCUT2D eigenvalue weighted by molar-refractivity contribution is 5.84. The average Bonchev–Trinajstić information content (AvgIpc) is 3.52. The smallest absolute Gasteiger partial charge is 0.102 e. The van der Waals surface area contributed by atoms with Crippen LogP contribution >= 0.6 is 0 Å². The van der Waals surface area contributed by atoms with Gasteiger partial charge in [0.2, 0.25) is 0 Å². The highest BCUT2D eigenvalue weighted by Crippen LogP contribution is 2.71. The minimum absolute atomic E-state index is 0.0912. The number of fused-ring (bicyclic) bond motifs is 2. The summed E-state index contributed by atoms with van der Waals surface area (Å²) < 4.78 is 7.21. The molecule has 1 aromatic heterocycles. The number of H-pyrrole nitrogens is 1. The van der Waals surface area contributed by atoms with E-state index in [9.17, 15) is 15.3 Å². The van der Waals surface area contributed by atoms with Crippen LogP contribution in [0.2, 0.25) is 0 Å². The first-order chi connectivity index (χ1) is 16.6. The van der Waals surface area contributed by atoms with E-state index in [1.54, 1.807) is 0 Å². The van der Waals surface area contributed by atoms with Gasteiger partial charge in [-0.3, -0.25) is 5.10 Å². The lowest BCUT2D eigenvalue weighted by Gasteiger charge is -2.65. The number of rotatable bonds is 2. The summed E-state index contributed by atoms with van der Waals surface area (Å²) in [4.78, 5) is 2.01. The fraction of sp³-hybridized carbons (Fsp3) is 0.679. The van der Waals surface area contributed by atoms with E-state index in [-0.39, 0.29) is 23.3 Å². The molecule has 7 heteroatoms. The fourth-order valence-corrected chi connectivity index (χ4v) is 9.16. The van der Waals surface area contributed by atoms with Crippen LogP contribution in [-0.2, 0) is 4.74 Å². The molecular formula is C28H37N3O4. The molecule has 3 heterocycles. The zero-order valence-corrected chi connectivity index (χ0v) is 20.9. The van der Waals surface area contributed by atoms with Crippen LogP contribution < -0.4 is 0 Å². The fourth-order valence-electron chi connectivity index (χ4n) is 9.16. The van der Waals surface area contributed by atoms with Crippen molar-refractivity contribution in [2.24, 2.45) is 17.3 Å². The van der Waals surface area contributed by atoms with E-state index >= 15 is 0 Å². The standard InChI is InChI=1S/C28H37N3O4/c1-25-8-10-27(34)13-19-23(32)24(33)21(31(2)3)14-26(19)9-11-28(27,35-26)22(25)7-6-18(25)16-4-5-17-15-29-30-20(17)12-16/h4-6,12,15,19,21-24,32-34H,7-11,13-14H2,1-3H3,(H,29,30). The number of aliphatic hydroxyl groups is 3. The molecule has 5 aliphatic rings. The number of likely N-dealkylation sites (N-methyl/N-ethyl adjacent to an activating group) is 1. The molecule has 2 bridgehead atoms. The monoisotopic (exact) mass is 479 g/mol. The van der Waals surface area contributed by atoms with Gasteiger partial charge in [0.1, 0.15) is 5.60 Å². The molecule has 0 amide bonds. The highest BCUT2D eigenvalue weighted by atomic mass is 16.6. The van der Waals surface area contributed by atoms with E-state index in [0.29, 0.717) is 19.3 Å². The Morgan fingerprint density at radius 1 is 1.09 bits per heavy atom. The second-order valence-electron chi connectivity index (χ2n) is 12.6. The van der Waals surface area contributed by atoms with Crippen molar-refractivity contribution in [1.82, 2.24) is 15.1 Å². The second-order valence-corrected chi connectivity index (χ2v) is 12.6. The van der Waals surface area contributed by atoms with Gasteiger partial charge in [-0.25, -0.2) is 0 Å². The number of aromatic amines is 1. The maximum Gasteiger partial charge on any atom is 0.102 e.